The summed E-state index contributed by atoms with van der Waals surface area (Å²) in [6.07, 6.45) is 1.87. The van der Waals surface area contributed by atoms with E-state index in [0.717, 1.165) is 25.2 Å². The van der Waals surface area contributed by atoms with Crippen molar-refractivity contribution < 1.29 is 14.3 Å². The standard InChI is InChI=1S/C13H16O3/c1-10(14)15-8-6-11-7-9-16-13-5-3-2-4-12(11)13/h2-5,11H,6-9H2,1H3. The molecule has 1 aliphatic rings. The fraction of sp³-hybridized carbons (Fsp3) is 0.462. The van der Waals surface area contributed by atoms with Crippen molar-refractivity contribution in [1.82, 2.24) is 0 Å². The molecule has 0 radical (unpaired) electrons. The molecule has 1 unspecified atom stereocenters. The van der Waals surface area contributed by atoms with Gasteiger partial charge in [-0.25, -0.2) is 0 Å². The van der Waals surface area contributed by atoms with E-state index in [4.69, 9.17) is 9.47 Å². The Kier molecular flexibility index (Phi) is 3.44. The summed E-state index contributed by atoms with van der Waals surface area (Å²) < 4.78 is 10.6. The average Bonchev–Trinajstić information content (AvgIpc) is 2.29. The van der Waals surface area contributed by atoms with E-state index in [1.54, 1.807) is 0 Å². The number of ether oxygens (including phenoxy) is 2. The predicted molar refractivity (Wildman–Crippen MR) is 60.5 cm³/mol. The van der Waals surface area contributed by atoms with Crippen molar-refractivity contribution >= 4 is 5.97 Å². The number of para-hydroxylation sites is 1. The number of carbonyl (C=O) groups excluding carboxylic acids is 1. The second-order valence-corrected chi connectivity index (χ2v) is 4.00. The summed E-state index contributed by atoms with van der Waals surface area (Å²) in [6, 6.07) is 8.08. The van der Waals surface area contributed by atoms with E-state index in [-0.39, 0.29) is 5.97 Å². The Morgan fingerprint density at radius 2 is 2.31 bits per heavy atom. The number of hydrogen-bond acceptors (Lipinski definition) is 3. The SMILES string of the molecule is CC(=O)OCCC1CCOc2ccccc21. The van der Waals surface area contributed by atoms with Gasteiger partial charge in [0.05, 0.1) is 13.2 Å². The molecule has 16 heavy (non-hydrogen) atoms. The Hall–Kier alpha value is -1.51. The molecule has 2 rings (SSSR count). The van der Waals surface area contributed by atoms with Crippen LogP contribution >= 0.6 is 0 Å². The molecule has 1 aliphatic heterocycles. The average molecular weight is 220 g/mol. The minimum atomic E-state index is -0.208. The van der Waals surface area contributed by atoms with Crippen molar-refractivity contribution in [3.63, 3.8) is 0 Å². The van der Waals surface area contributed by atoms with Gasteiger partial charge in [-0.3, -0.25) is 4.79 Å². The normalized spacial score (nSPS) is 18.4. The van der Waals surface area contributed by atoms with Crippen LogP contribution in [0.2, 0.25) is 0 Å². The number of hydrogen-bond donors (Lipinski definition) is 0. The van der Waals surface area contributed by atoms with Gasteiger partial charge < -0.3 is 9.47 Å². The molecule has 0 spiro atoms. The first-order valence-corrected chi connectivity index (χ1v) is 5.62. The van der Waals surface area contributed by atoms with Gasteiger partial charge in [0.15, 0.2) is 0 Å². The molecule has 3 nitrogen and oxygen atoms in total. The molecule has 1 heterocycles. The Bertz CT molecular complexity index is 373. The first-order chi connectivity index (χ1) is 7.77. The summed E-state index contributed by atoms with van der Waals surface area (Å²) in [4.78, 5) is 10.7. The second-order valence-electron chi connectivity index (χ2n) is 4.00. The largest absolute Gasteiger partial charge is 0.493 e. The van der Waals surface area contributed by atoms with Crippen LogP contribution in [0.4, 0.5) is 0 Å². The molecule has 0 bridgehead atoms. The number of esters is 1. The molecule has 0 aromatic heterocycles. The van der Waals surface area contributed by atoms with Crippen LogP contribution in [0.25, 0.3) is 0 Å². The molecule has 1 aromatic rings. The highest BCUT2D eigenvalue weighted by atomic mass is 16.5. The molecule has 3 heteroatoms. The van der Waals surface area contributed by atoms with Crippen LogP contribution in [0.3, 0.4) is 0 Å². The zero-order valence-electron chi connectivity index (χ0n) is 9.44. The third-order valence-electron chi connectivity index (χ3n) is 2.85. The van der Waals surface area contributed by atoms with Gasteiger partial charge in [-0.2, -0.15) is 0 Å². The molecule has 0 N–H and O–H groups in total. The molecular weight excluding hydrogens is 204 g/mol. The van der Waals surface area contributed by atoms with Crippen molar-refractivity contribution in [2.45, 2.75) is 25.7 Å². The number of benzene rings is 1. The summed E-state index contributed by atoms with van der Waals surface area (Å²) in [5, 5.41) is 0. The molecule has 0 saturated carbocycles. The predicted octanol–water partition coefficient (Wildman–Crippen LogP) is 2.51. The van der Waals surface area contributed by atoms with Gasteiger partial charge in [0.1, 0.15) is 5.75 Å². The highest BCUT2D eigenvalue weighted by Gasteiger charge is 2.20. The lowest BCUT2D eigenvalue weighted by molar-refractivity contribution is -0.141. The molecule has 0 saturated heterocycles. The summed E-state index contributed by atoms with van der Waals surface area (Å²) >= 11 is 0. The van der Waals surface area contributed by atoms with Crippen LogP contribution in [0.15, 0.2) is 24.3 Å². The van der Waals surface area contributed by atoms with E-state index >= 15 is 0 Å². The lowest BCUT2D eigenvalue weighted by atomic mass is 9.91. The molecule has 0 aliphatic carbocycles. The van der Waals surface area contributed by atoms with Crippen molar-refractivity contribution in [3.8, 4) is 5.75 Å². The van der Waals surface area contributed by atoms with Crippen LogP contribution in [0.1, 0.15) is 31.2 Å². The second kappa shape index (κ2) is 5.01. The van der Waals surface area contributed by atoms with Gasteiger partial charge in [0.25, 0.3) is 0 Å². The number of rotatable bonds is 3. The van der Waals surface area contributed by atoms with E-state index in [0.29, 0.717) is 12.5 Å². The van der Waals surface area contributed by atoms with E-state index in [1.165, 1.54) is 12.5 Å². The van der Waals surface area contributed by atoms with Crippen molar-refractivity contribution in [2.24, 2.45) is 0 Å². The van der Waals surface area contributed by atoms with Crippen molar-refractivity contribution in [1.29, 1.82) is 0 Å². The Morgan fingerprint density at radius 3 is 3.12 bits per heavy atom. The highest BCUT2D eigenvalue weighted by molar-refractivity contribution is 5.65. The van der Waals surface area contributed by atoms with Crippen LogP contribution in [0, 0.1) is 0 Å². The third-order valence-corrected chi connectivity index (χ3v) is 2.85. The zero-order chi connectivity index (χ0) is 11.4. The van der Waals surface area contributed by atoms with Crippen molar-refractivity contribution in [3.05, 3.63) is 29.8 Å². The van der Waals surface area contributed by atoms with E-state index in [1.807, 2.05) is 18.2 Å². The monoisotopic (exact) mass is 220 g/mol. The fourth-order valence-electron chi connectivity index (χ4n) is 2.06. The van der Waals surface area contributed by atoms with Crippen LogP contribution < -0.4 is 4.74 Å². The summed E-state index contributed by atoms with van der Waals surface area (Å²) in [7, 11) is 0. The lowest BCUT2D eigenvalue weighted by Gasteiger charge is -2.25. The smallest absolute Gasteiger partial charge is 0.302 e. The summed E-state index contributed by atoms with van der Waals surface area (Å²) in [5.41, 5.74) is 1.24. The fourth-order valence-corrected chi connectivity index (χ4v) is 2.06. The Morgan fingerprint density at radius 1 is 1.50 bits per heavy atom. The minimum absolute atomic E-state index is 0.208. The van der Waals surface area contributed by atoms with Crippen molar-refractivity contribution in [2.75, 3.05) is 13.2 Å². The van der Waals surface area contributed by atoms with Gasteiger partial charge in [-0.15, -0.1) is 0 Å². The number of fused-ring (bicyclic) bond motifs is 1. The summed E-state index contributed by atoms with van der Waals surface area (Å²) in [6.45, 7) is 2.69. The van der Waals surface area contributed by atoms with Crippen LogP contribution in [-0.2, 0) is 9.53 Å². The lowest BCUT2D eigenvalue weighted by Crippen LogP contribution is -2.16. The van der Waals surface area contributed by atoms with Gasteiger partial charge >= 0.3 is 5.97 Å². The Balaban J connectivity index is 1.99. The van der Waals surface area contributed by atoms with E-state index in [9.17, 15) is 4.79 Å². The topological polar surface area (TPSA) is 35.5 Å². The van der Waals surface area contributed by atoms with Gasteiger partial charge in [-0.05, 0) is 30.4 Å². The van der Waals surface area contributed by atoms with Crippen LogP contribution in [0.5, 0.6) is 5.75 Å². The first-order valence-electron chi connectivity index (χ1n) is 5.62. The molecular formula is C13H16O3. The quantitative estimate of drug-likeness (QED) is 0.734. The minimum Gasteiger partial charge on any atom is -0.493 e. The van der Waals surface area contributed by atoms with Gasteiger partial charge in [-0.1, -0.05) is 18.2 Å². The van der Waals surface area contributed by atoms with Crippen LogP contribution in [-0.4, -0.2) is 19.2 Å². The molecule has 0 amide bonds. The van der Waals surface area contributed by atoms with E-state index < -0.39 is 0 Å². The molecule has 1 aromatic carbocycles. The molecule has 1 atom stereocenters. The van der Waals surface area contributed by atoms with Gasteiger partial charge in [0, 0.05) is 6.92 Å². The number of carbonyl (C=O) groups is 1. The maximum atomic E-state index is 10.7. The van der Waals surface area contributed by atoms with Gasteiger partial charge in [0.2, 0.25) is 0 Å². The summed E-state index contributed by atoms with van der Waals surface area (Å²) in [5.74, 6) is 1.21. The first kappa shape index (κ1) is 11.0. The third kappa shape index (κ3) is 2.54. The Labute approximate surface area is 95.4 Å². The maximum Gasteiger partial charge on any atom is 0.302 e. The maximum absolute atomic E-state index is 10.7. The highest BCUT2D eigenvalue weighted by Crippen LogP contribution is 2.35. The molecule has 86 valence electrons. The molecule has 0 fully saturated rings. The zero-order valence-corrected chi connectivity index (χ0v) is 9.44. The van der Waals surface area contributed by atoms with E-state index in [2.05, 4.69) is 6.07 Å².